The zero-order valence-electron chi connectivity index (χ0n) is 15.5. The molecule has 0 atom stereocenters. The molecule has 0 spiro atoms. The van der Waals surface area contributed by atoms with Crippen molar-refractivity contribution in [2.24, 2.45) is 0 Å². The quantitative estimate of drug-likeness (QED) is 0.543. The summed E-state index contributed by atoms with van der Waals surface area (Å²) >= 11 is 3.38. The van der Waals surface area contributed by atoms with Crippen molar-refractivity contribution in [2.45, 2.75) is 26.6 Å². The number of benzene rings is 2. The molecule has 3 aromatic rings. The van der Waals surface area contributed by atoms with Gasteiger partial charge in [-0.1, -0.05) is 18.2 Å². The monoisotopic (exact) mass is 446 g/mol. The smallest absolute Gasteiger partial charge is 0.332 e. The van der Waals surface area contributed by atoms with Gasteiger partial charge in [0.1, 0.15) is 18.9 Å². The second-order valence-corrected chi connectivity index (χ2v) is 6.92. The van der Waals surface area contributed by atoms with Crippen LogP contribution in [0.5, 0.6) is 5.75 Å². The van der Waals surface area contributed by atoms with Crippen molar-refractivity contribution in [3.63, 3.8) is 0 Å². The third-order valence-corrected chi connectivity index (χ3v) is 4.97. The lowest BCUT2D eigenvalue weighted by Gasteiger charge is -2.13. The van der Waals surface area contributed by atoms with Crippen molar-refractivity contribution in [1.82, 2.24) is 9.13 Å². The average molecular weight is 447 g/mol. The molecule has 3 rings (SSSR count). The van der Waals surface area contributed by atoms with Crippen LogP contribution >= 0.6 is 15.9 Å². The molecule has 0 fully saturated rings. The number of fused-ring (bicyclic) bond motifs is 1. The zero-order chi connectivity index (χ0) is 20.3. The van der Waals surface area contributed by atoms with Gasteiger partial charge in [0.05, 0.1) is 22.5 Å². The van der Waals surface area contributed by atoms with E-state index in [-0.39, 0.29) is 25.3 Å². The molecule has 0 amide bonds. The van der Waals surface area contributed by atoms with Gasteiger partial charge in [0.25, 0.3) is 5.56 Å². The first kappa shape index (κ1) is 19.9. The first-order valence-corrected chi connectivity index (χ1v) is 9.46. The van der Waals surface area contributed by atoms with Crippen molar-refractivity contribution in [2.75, 3.05) is 7.11 Å². The van der Waals surface area contributed by atoms with E-state index in [2.05, 4.69) is 15.9 Å². The van der Waals surface area contributed by atoms with E-state index in [0.29, 0.717) is 16.7 Å². The minimum atomic E-state index is -0.569. The number of hydrogen-bond acceptors (Lipinski definition) is 5. The molecule has 0 saturated heterocycles. The molecule has 1 heterocycles. The molecule has 8 heteroatoms. The van der Waals surface area contributed by atoms with Gasteiger partial charge in [0.2, 0.25) is 0 Å². The fourth-order valence-corrected chi connectivity index (χ4v) is 3.53. The normalized spacial score (nSPS) is 10.8. The lowest BCUT2D eigenvalue weighted by molar-refractivity contribution is -0.145. The number of carbonyl (C=O) groups is 1. The minimum absolute atomic E-state index is 0.0571. The van der Waals surface area contributed by atoms with E-state index in [1.165, 1.54) is 4.57 Å². The van der Waals surface area contributed by atoms with Gasteiger partial charge in [0.15, 0.2) is 0 Å². The van der Waals surface area contributed by atoms with Crippen LogP contribution in [0.2, 0.25) is 0 Å². The summed E-state index contributed by atoms with van der Waals surface area (Å²) in [5, 5.41) is 0.385. The van der Waals surface area contributed by atoms with Crippen molar-refractivity contribution in [3.05, 3.63) is 73.3 Å². The van der Waals surface area contributed by atoms with Crippen molar-refractivity contribution in [1.29, 1.82) is 0 Å². The van der Waals surface area contributed by atoms with E-state index in [9.17, 15) is 14.4 Å². The first-order valence-electron chi connectivity index (χ1n) is 8.66. The predicted molar refractivity (Wildman–Crippen MR) is 109 cm³/mol. The Morgan fingerprint density at radius 1 is 1.11 bits per heavy atom. The Morgan fingerprint density at radius 3 is 2.54 bits per heavy atom. The van der Waals surface area contributed by atoms with Crippen LogP contribution in [0, 0.1) is 0 Å². The number of aromatic nitrogens is 2. The third-order valence-electron chi connectivity index (χ3n) is 4.35. The maximum atomic E-state index is 12.7. The third kappa shape index (κ3) is 3.87. The van der Waals surface area contributed by atoms with E-state index in [1.54, 1.807) is 56.5 Å². The summed E-state index contributed by atoms with van der Waals surface area (Å²) in [5.41, 5.74) is 0.286. The molecule has 1 aromatic heterocycles. The summed E-state index contributed by atoms with van der Waals surface area (Å²) < 4.78 is 13.6. The van der Waals surface area contributed by atoms with E-state index >= 15 is 0 Å². The molecule has 146 valence electrons. The number of rotatable bonds is 6. The molecule has 28 heavy (non-hydrogen) atoms. The Balaban J connectivity index is 1.84. The highest BCUT2D eigenvalue weighted by Crippen LogP contribution is 2.25. The second kappa shape index (κ2) is 8.43. The summed E-state index contributed by atoms with van der Waals surface area (Å²) in [6, 6.07) is 12.1. The van der Waals surface area contributed by atoms with Gasteiger partial charge < -0.3 is 9.47 Å². The average Bonchev–Trinajstić information content (AvgIpc) is 2.70. The van der Waals surface area contributed by atoms with E-state index in [1.807, 2.05) is 0 Å². The van der Waals surface area contributed by atoms with Crippen LogP contribution in [0.1, 0.15) is 12.5 Å². The lowest BCUT2D eigenvalue weighted by atomic mass is 10.2. The largest absolute Gasteiger partial charge is 0.496 e. The number of halogens is 1. The molecule has 0 aliphatic carbocycles. The number of esters is 1. The molecule has 0 saturated carbocycles. The van der Waals surface area contributed by atoms with Crippen LogP contribution < -0.4 is 16.0 Å². The zero-order valence-corrected chi connectivity index (χ0v) is 17.1. The predicted octanol–water partition coefficient (Wildman–Crippen LogP) is 2.70. The van der Waals surface area contributed by atoms with E-state index in [4.69, 9.17) is 9.47 Å². The van der Waals surface area contributed by atoms with Crippen LogP contribution in [-0.4, -0.2) is 22.2 Å². The Labute approximate surface area is 169 Å². The number of para-hydroxylation sites is 1. The SMILES string of the molecule is CCn1c(=O)c2ccccc2n(CC(=O)OCc2ccc(OC)c(Br)c2)c1=O. The molecule has 0 radical (unpaired) electrons. The maximum Gasteiger partial charge on any atom is 0.332 e. The Bertz CT molecular complexity index is 1150. The highest BCUT2D eigenvalue weighted by Gasteiger charge is 2.15. The van der Waals surface area contributed by atoms with Crippen LogP contribution in [0.15, 0.2) is 56.5 Å². The summed E-state index contributed by atoms with van der Waals surface area (Å²) in [4.78, 5) is 37.5. The fraction of sp³-hybridized carbons (Fsp3) is 0.250. The number of hydrogen-bond donors (Lipinski definition) is 0. The molecule has 0 N–H and O–H groups in total. The molecule has 0 aliphatic heterocycles. The highest BCUT2D eigenvalue weighted by molar-refractivity contribution is 9.10. The van der Waals surface area contributed by atoms with Crippen molar-refractivity contribution >= 4 is 32.8 Å². The Morgan fingerprint density at radius 2 is 1.86 bits per heavy atom. The second-order valence-electron chi connectivity index (χ2n) is 6.06. The van der Waals surface area contributed by atoms with Crippen molar-refractivity contribution in [3.8, 4) is 5.75 Å². The number of ether oxygens (including phenoxy) is 2. The van der Waals surface area contributed by atoms with Crippen LogP contribution in [0.25, 0.3) is 10.9 Å². The number of nitrogens with zero attached hydrogens (tertiary/aromatic N) is 2. The fourth-order valence-electron chi connectivity index (χ4n) is 2.94. The summed E-state index contributed by atoms with van der Waals surface area (Å²) in [5.74, 6) is 0.107. The van der Waals surface area contributed by atoms with Crippen LogP contribution in [0.3, 0.4) is 0 Å². The number of methoxy groups -OCH3 is 1. The minimum Gasteiger partial charge on any atom is -0.496 e. The van der Waals surface area contributed by atoms with Gasteiger partial charge in [0, 0.05) is 6.54 Å². The summed E-state index contributed by atoms with van der Waals surface area (Å²) in [7, 11) is 1.57. The van der Waals surface area contributed by atoms with Crippen LogP contribution in [0.4, 0.5) is 0 Å². The molecule has 7 nitrogen and oxygen atoms in total. The Kier molecular flexibility index (Phi) is 5.99. The number of carbonyl (C=O) groups excluding carboxylic acids is 1. The Hall–Kier alpha value is -2.87. The molecule has 2 aromatic carbocycles. The van der Waals surface area contributed by atoms with Gasteiger partial charge in [-0.2, -0.15) is 0 Å². The molecule has 0 unspecified atom stereocenters. The summed E-state index contributed by atoms with van der Waals surface area (Å²) in [6.45, 7) is 1.71. The highest BCUT2D eigenvalue weighted by atomic mass is 79.9. The van der Waals surface area contributed by atoms with Gasteiger partial charge in [-0.15, -0.1) is 0 Å². The molecule has 0 bridgehead atoms. The molecular weight excluding hydrogens is 428 g/mol. The van der Waals surface area contributed by atoms with Gasteiger partial charge >= 0.3 is 11.7 Å². The van der Waals surface area contributed by atoms with Gasteiger partial charge in [-0.3, -0.25) is 18.7 Å². The molecular formula is C20H19BrN2O5. The lowest BCUT2D eigenvalue weighted by Crippen LogP contribution is -2.40. The van der Waals surface area contributed by atoms with Crippen molar-refractivity contribution < 1.29 is 14.3 Å². The van der Waals surface area contributed by atoms with Crippen LogP contribution in [-0.2, 0) is 29.2 Å². The van der Waals surface area contributed by atoms with E-state index < -0.39 is 11.7 Å². The first-order chi connectivity index (χ1) is 13.5. The van der Waals surface area contributed by atoms with Gasteiger partial charge in [-0.05, 0) is 52.7 Å². The summed E-state index contributed by atoms with van der Waals surface area (Å²) in [6.07, 6.45) is 0. The van der Waals surface area contributed by atoms with Gasteiger partial charge in [-0.25, -0.2) is 4.79 Å². The topological polar surface area (TPSA) is 79.5 Å². The standard InChI is InChI=1S/C20H19BrN2O5/c1-3-22-19(25)14-6-4-5-7-16(14)23(20(22)26)11-18(24)28-12-13-8-9-17(27-2)15(21)10-13/h4-10H,3,11-12H2,1-2H3. The maximum absolute atomic E-state index is 12.7. The molecule has 0 aliphatic rings. The van der Waals surface area contributed by atoms with E-state index in [0.717, 1.165) is 14.6 Å².